The molecule has 0 radical (unpaired) electrons. The van der Waals surface area contributed by atoms with Crippen molar-refractivity contribution in [3.05, 3.63) is 53.7 Å². The molecule has 0 saturated heterocycles. The zero-order chi connectivity index (χ0) is 15.9. The van der Waals surface area contributed by atoms with E-state index in [9.17, 15) is 9.59 Å². The molecule has 2 amide bonds. The summed E-state index contributed by atoms with van der Waals surface area (Å²) in [5.74, 6) is 0.0884. The summed E-state index contributed by atoms with van der Waals surface area (Å²) in [4.78, 5) is 28.1. The molecule has 2 aromatic rings. The van der Waals surface area contributed by atoms with E-state index >= 15 is 0 Å². The lowest BCUT2D eigenvalue weighted by Gasteiger charge is -2.11. The van der Waals surface area contributed by atoms with Crippen LogP contribution in [0.4, 0.5) is 0 Å². The molecule has 2 aromatic heterocycles. The molecule has 0 aliphatic carbocycles. The monoisotopic (exact) mass is 301 g/mol. The molecule has 22 heavy (non-hydrogen) atoms. The first-order valence-electron chi connectivity index (χ1n) is 7.17. The zero-order valence-electron chi connectivity index (χ0n) is 12.6. The molecule has 6 nitrogen and oxygen atoms in total. The quantitative estimate of drug-likeness (QED) is 0.856. The molecule has 0 fully saturated rings. The fraction of sp³-hybridized carbons (Fsp3) is 0.312. The van der Waals surface area contributed by atoms with Crippen molar-refractivity contribution in [2.75, 3.05) is 0 Å². The van der Waals surface area contributed by atoms with Crippen LogP contribution in [-0.4, -0.2) is 22.8 Å². The van der Waals surface area contributed by atoms with Crippen LogP contribution >= 0.6 is 0 Å². The Morgan fingerprint density at radius 1 is 1.32 bits per heavy atom. The van der Waals surface area contributed by atoms with Gasteiger partial charge in [-0.25, -0.2) is 0 Å². The number of amides is 2. The van der Waals surface area contributed by atoms with Crippen LogP contribution in [0.25, 0.3) is 0 Å². The third-order valence-corrected chi connectivity index (χ3v) is 3.25. The lowest BCUT2D eigenvalue weighted by Crippen LogP contribution is -2.32. The van der Waals surface area contributed by atoms with Crippen molar-refractivity contribution >= 4 is 11.8 Å². The molecule has 0 spiro atoms. The highest BCUT2D eigenvalue weighted by Crippen LogP contribution is 2.05. The first kappa shape index (κ1) is 15.8. The van der Waals surface area contributed by atoms with Crippen molar-refractivity contribution in [1.82, 2.24) is 15.6 Å². The normalized spacial score (nSPS) is 11.7. The van der Waals surface area contributed by atoms with E-state index in [4.69, 9.17) is 4.42 Å². The Morgan fingerprint density at radius 3 is 2.82 bits per heavy atom. The predicted molar refractivity (Wildman–Crippen MR) is 81.3 cm³/mol. The Kier molecular flexibility index (Phi) is 5.30. The summed E-state index contributed by atoms with van der Waals surface area (Å²) in [5, 5.41) is 5.55. The van der Waals surface area contributed by atoms with E-state index in [0.717, 1.165) is 6.42 Å². The minimum Gasteiger partial charge on any atom is -0.467 e. The van der Waals surface area contributed by atoms with Crippen LogP contribution in [0.3, 0.4) is 0 Å². The van der Waals surface area contributed by atoms with Gasteiger partial charge in [0, 0.05) is 17.8 Å². The van der Waals surface area contributed by atoms with E-state index in [1.54, 1.807) is 24.5 Å². The van der Waals surface area contributed by atoms with Crippen molar-refractivity contribution in [1.29, 1.82) is 0 Å². The van der Waals surface area contributed by atoms with Gasteiger partial charge in [-0.05, 0) is 37.6 Å². The van der Waals surface area contributed by atoms with E-state index in [1.165, 1.54) is 12.3 Å². The Labute approximate surface area is 128 Å². The topological polar surface area (TPSA) is 84.2 Å². The van der Waals surface area contributed by atoms with Gasteiger partial charge in [0.25, 0.3) is 11.8 Å². The summed E-state index contributed by atoms with van der Waals surface area (Å²) < 4.78 is 5.14. The predicted octanol–water partition coefficient (Wildman–Crippen LogP) is 2.13. The third kappa shape index (κ3) is 4.18. The summed E-state index contributed by atoms with van der Waals surface area (Å²) >= 11 is 0. The average molecular weight is 301 g/mol. The lowest BCUT2D eigenvalue weighted by molar-refractivity contribution is 0.0939. The molecular formula is C16H19N3O3. The van der Waals surface area contributed by atoms with Crippen LogP contribution in [0.1, 0.15) is 46.9 Å². The molecule has 2 rings (SSSR count). The Bertz CT molecular complexity index is 638. The van der Waals surface area contributed by atoms with E-state index in [1.807, 2.05) is 13.8 Å². The molecule has 2 N–H and O–H groups in total. The van der Waals surface area contributed by atoms with Crippen LogP contribution < -0.4 is 10.6 Å². The number of carbonyl (C=O) groups excluding carboxylic acids is 2. The first-order chi connectivity index (χ1) is 10.6. The largest absolute Gasteiger partial charge is 0.467 e. The molecule has 0 saturated carbocycles. The van der Waals surface area contributed by atoms with Gasteiger partial charge in [-0.2, -0.15) is 0 Å². The number of furan rings is 1. The molecule has 0 aliphatic rings. The molecule has 0 aliphatic heterocycles. The minimum atomic E-state index is -0.352. The lowest BCUT2D eigenvalue weighted by atomic mass is 10.2. The van der Waals surface area contributed by atoms with Crippen molar-refractivity contribution in [2.45, 2.75) is 32.9 Å². The van der Waals surface area contributed by atoms with Gasteiger partial charge in [0.05, 0.1) is 12.8 Å². The Hall–Kier alpha value is -2.63. The second-order valence-electron chi connectivity index (χ2n) is 4.97. The van der Waals surface area contributed by atoms with Gasteiger partial charge in [-0.15, -0.1) is 0 Å². The third-order valence-electron chi connectivity index (χ3n) is 3.25. The summed E-state index contributed by atoms with van der Waals surface area (Å²) in [7, 11) is 0. The summed E-state index contributed by atoms with van der Waals surface area (Å²) in [5.41, 5.74) is 0.613. The second kappa shape index (κ2) is 7.40. The van der Waals surface area contributed by atoms with Crippen LogP contribution in [0, 0.1) is 0 Å². The molecule has 0 bridgehead atoms. The minimum absolute atomic E-state index is 0.0805. The van der Waals surface area contributed by atoms with Gasteiger partial charge in [0.1, 0.15) is 11.5 Å². The SMILES string of the molecule is CCC(C)NC(=O)c1ccnc(C(=O)NCc2ccco2)c1. The molecule has 0 aromatic carbocycles. The molecule has 6 heteroatoms. The molecule has 1 unspecified atom stereocenters. The van der Waals surface area contributed by atoms with Crippen molar-refractivity contribution < 1.29 is 14.0 Å². The van der Waals surface area contributed by atoms with Crippen molar-refractivity contribution in [3.63, 3.8) is 0 Å². The highest BCUT2D eigenvalue weighted by atomic mass is 16.3. The summed E-state index contributed by atoms with van der Waals surface area (Å²) in [6.45, 7) is 4.19. The van der Waals surface area contributed by atoms with Gasteiger partial charge in [0.15, 0.2) is 0 Å². The van der Waals surface area contributed by atoms with Gasteiger partial charge in [0.2, 0.25) is 0 Å². The average Bonchev–Trinajstić information content (AvgIpc) is 3.06. The molecule has 2 heterocycles. The number of hydrogen-bond acceptors (Lipinski definition) is 4. The van der Waals surface area contributed by atoms with Gasteiger partial charge >= 0.3 is 0 Å². The molecule has 116 valence electrons. The second-order valence-corrected chi connectivity index (χ2v) is 4.97. The number of hydrogen-bond donors (Lipinski definition) is 2. The number of pyridine rings is 1. The van der Waals surface area contributed by atoms with Crippen LogP contribution in [0.2, 0.25) is 0 Å². The van der Waals surface area contributed by atoms with E-state index in [0.29, 0.717) is 11.3 Å². The maximum Gasteiger partial charge on any atom is 0.270 e. The zero-order valence-corrected chi connectivity index (χ0v) is 12.6. The van der Waals surface area contributed by atoms with Crippen LogP contribution in [0.15, 0.2) is 41.1 Å². The van der Waals surface area contributed by atoms with Crippen LogP contribution in [0.5, 0.6) is 0 Å². The highest BCUT2D eigenvalue weighted by molar-refractivity contribution is 5.98. The van der Waals surface area contributed by atoms with Crippen molar-refractivity contribution in [2.24, 2.45) is 0 Å². The fourth-order valence-corrected chi connectivity index (χ4v) is 1.78. The first-order valence-corrected chi connectivity index (χ1v) is 7.17. The van der Waals surface area contributed by atoms with E-state index in [-0.39, 0.29) is 30.1 Å². The fourth-order valence-electron chi connectivity index (χ4n) is 1.78. The van der Waals surface area contributed by atoms with Crippen LogP contribution in [-0.2, 0) is 6.54 Å². The summed E-state index contributed by atoms with van der Waals surface area (Å²) in [6.07, 6.45) is 3.83. The number of nitrogens with one attached hydrogen (secondary N) is 2. The van der Waals surface area contributed by atoms with Gasteiger partial charge in [-0.1, -0.05) is 6.92 Å². The Balaban J connectivity index is 2.01. The number of rotatable bonds is 6. The maximum atomic E-state index is 12.0. The van der Waals surface area contributed by atoms with Crippen molar-refractivity contribution in [3.8, 4) is 0 Å². The Morgan fingerprint density at radius 2 is 2.14 bits per heavy atom. The number of aromatic nitrogens is 1. The maximum absolute atomic E-state index is 12.0. The highest BCUT2D eigenvalue weighted by Gasteiger charge is 2.13. The number of carbonyl (C=O) groups is 2. The molecular weight excluding hydrogens is 282 g/mol. The standard InChI is InChI=1S/C16H19N3O3/c1-3-11(2)19-15(20)12-6-7-17-14(9-12)16(21)18-10-13-5-4-8-22-13/h4-9,11H,3,10H2,1-2H3,(H,18,21)(H,19,20). The van der Waals surface area contributed by atoms with E-state index < -0.39 is 0 Å². The molecule has 1 atom stereocenters. The smallest absolute Gasteiger partial charge is 0.270 e. The number of nitrogens with zero attached hydrogens (tertiary/aromatic N) is 1. The van der Waals surface area contributed by atoms with E-state index in [2.05, 4.69) is 15.6 Å². The summed E-state index contributed by atoms with van der Waals surface area (Å²) in [6, 6.07) is 6.66. The van der Waals surface area contributed by atoms with Gasteiger partial charge in [-0.3, -0.25) is 14.6 Å². The van der Waals surface area contributed by atoms with Gasteiger partial charge < -0.3 is 15.1 Å².